The van der Waals surface area contributed by atoms with Crippen LogP contribution in [0.3, 0.4) is 0 Å². The fourth-order valence-corrected chi connectivity index (χ4v) is 4.25. The first kappa shape index (κ1) is 22.5. The SMILES string of the molecule is CN/C1=C(\C=N)C/C(C=N)=C(/NC2CCC2)c2cnc(N)c(c2)O[C@H](C)c2cc(F)ccc21. The molecule has 1 aromatic carbocycles. The van der Waals surface area contributed by atoms with Crippen LogP contribution in [0.15, 0.2) is 41.6 Å². The molecule has 0 unspecified atom stereocenters. The zero-order valence-corrected chi connectivity index (χ0v) is 18.8. The summed E-state index contributed by atoms with van der Waals surface area (Å²) in [6, 6.07) is 6.66. The number of allylic oxidation sites excluding steroid dienone is 2. The van der Waals surface area contributed by atoms with Gasteiger partial charge in [0.05, 0.1) is 0 Å². The smallest absolute Gasteiger partial charge is 0.166 e. The molecule has 0 amide bonds. The van der Waals surface area contributed by atoms with Gasteiger partial charge in [-0.2, -0.15) is 0 Å². The van der Waals surface area contributed by atoms with Crippen molar-refractivity contribution < 1.29 is 9.13 Å². The predicted molar refractivity (Wildman–Crippen MR) is 130 cm³/mol. The molecule has 1 saturated carbocycles. The van der Waals surface area contributed by atoms with Crippen molar-refractivity contribution in [1.82, 2.24) is 15.6 Å². The van der Waals surface area contributed by atoms with E-state index in [2.05, 4.69) is 15.6 Å². The highest BCUT2D eigenvalue weighted by molar-refractivity contribution is 5.96. The number of pyridine rings is 1. The standard InChI is InChI=1S/C25H29FN6O/c1-14-21-10-18(26)6-7-20(21)24(30-2)16(12-28)8-15(11-27)23(32-19-4-3-5-19)17-9-22(33-14)25(29)31-13-17/h6-7,9-14,19,27-28,30,32H,3-5,8H2,1-2H3,(H2,29,31)/b23-15-,24-16-,27-11?,28-12?/t14-/m1/s1. The van der Waals surface area contributed by atoms with Gasteiger partial charge in [-0.15, -0.1) is 0 Å². The molecule has 0 spiro atoms. The summed E-state index contributed by atoms with van der Waals surface area (Å²) in [6.45, 7) is 1.83. The lowest BCUT2D eigenvalue weighted by Gasteiger charge is -2.30. The quantitative estimate of drug-likeness (QED) is 0.434. The average Bonchev–Trinajstić information content (AvgIpc) is 2.78. The molecule has 0 radical (unpaired) electrons. The van der Waals surface area contributed by atoms with Crippen LogP contribution in [0.1, 0.15) is 55.4 Å². The lowest BCUT2D eigenvalue weighted by atomic mass is 9.90. The summed E-state index contributed by atoms with van der Waals surface area (Å²) < 4.78 is 20.4. The Kier molecular flexibility index (Phi) is 6.44. The molecular weight excluding hydrogens is 419 g/mol. The number of anilines is 1. The Balaban J connectivity index is 1.99. The summed E-state index contributed by atoms with van der Waals surface area (Å²) in [4.78, 5) is 4.34. The Hall–Kier alpha value is -3.68. The van der Waals surface area contributed by atoms with Gasteiger partial charge in [0.15, 0.2) is 11.6 Å². The number of nitrogens with one attached hydrogen (secondary N) is 4. The second-order valence-corrected chi connectivity index (χ2v) is 8.39. The van der Waals surface area contributed by atoms with Crippen molar-refractivity contribution in [2.75, 3.05) is 12.8 Å². The third kappa shape index (κ3) is 4.46. The van der Waals surface area contributed by atoms with E-state index in [0.717, 1.165) is 29.7 Å². The molecule has 8 heteroatoms. The molecule has 1 atom stereocenters. The zero-order chi connectivity index (χ0) is 23.5. The van der Waals surface area contributed by atoms with Crippen molar-refractivity contribution >= 4 is 29.6 Å². The Labute approximate surface area is 193 Å². The number of aromatic nitrogens is 1. The van der Waals surface area contributed by atoms with Gasteiger partial charge in [-0.1, -0.05) is 0 Å². The van der Waals surface area contributed by atoms with E-state index in [1.807, 2.05) is 13.0 Å². The third-order valence-electron chi connectivity index (χ3n) is 6.27. The number of benzene rings is 1. The Morgan fingerprint density at radius 1 is 1.15 bits per heavy atom. The Morgan fingerprint density at radius 2 is 1.88 bits per heavy atom. The van der Waals surface area contributed by atoms with Gasteiger partial charge in [0, 0.05) is 66.2 Å². The number of nitrogens with zero attached hydrogens (tertiary/aromatic N) is 1. The summed E-state index contributed by atoms with van der Waals surface area (Å²) in [5, 5.41) is 23.1. The van der Waals surface area contributed by atoms with Gasteiger partial charge in [0.25, 0.3) is 0 Å². The van der Waals surface area contributed by atoms with Gasteiger partial charge in [-0.05, 0) is 61.6 Å². The summed E-state index contributed by atoms with van der Waals surface area (Å²) in [7, 11) is 1.77. The van der Waals surface area contributed by atoms with Gasteiger partial charge in [0.2, 0.25) is 0 Å². The normalized spacial score (nSPS) is 23.2. The van der Waals surface area contributed by atoms with Crippen molar-refractivity contribution in [2.45, 2.75) is 44.8 Å². The molecule has 2 aromatic rings. The molecule has 0 saturated heterocycles. The molecule has 6 N–H and O–H groups in total. The molecule has 2 heterocycles. The van der Waals surface area contributed by atoms with Crippen LogP contribution in [0, 0.1) is 16.6 Å². The lowest BCUT2D eigenvalue weighted by Crippen LogP contribution is -2.34. The fourth-order valence-electron chi connectivity index (χ4n) is 4.25. The first-order valence-electron chi connectivity index (χ1n) is 11.1. The number of ether oxygens (including phenoxy) is 1. The number of hydrogen-bond donors (Lipinski definition) is 5. The van der Waals surface area contributed by atoms with E-state index in [1.54, 1.807) is 19.3 Å². The van der Waals surface area contributed by atoms with E-state index < -0.39 is 6.10 Å². The highest BCUT2D eigenvalue weighted by Crippen LogP contribution is 2.35. The van der Waals surface area contributed by atoms with Crippen LogP contribution in [0.2, 0.25) is 0 Å². The highest BCUT2D eigenvalue weighted by atomic mass is 19.1. The minimum atomic E-state index is -0.529. The number of nitrogen functional groups attached to an aromatic ring is 1. The highest BCUT2D eigenvalue weighted by Gasteiger charge is 2.24. The lowest BCUT2D eigenvalue weighted by molar-refractivity contribution is 0.226. The molecule has 33 heavy (non-hydrogen) atoms. The predicted octanol–water partition coefficient (Wildman–Crippen LogP) is 4.43. The molecular formula is C25H29FN6O. The van der Waals surface area contributed by atoms with Gasteiger partial charge in [0.1, 0.15) is 11.9 Å². The molecule has 172 valence electrons. The average molecular weight is 449 g/mol. The maximum atomic E-state index is 14.2. The van der Waals surface area contributed by atoms with Gasteiger partial charge in [-0.3, -0.25) is 0 Å². The molecule has 1 aromatic heterocycles. The minimum Gasteiger partial charge on any atom is -0.482 e. The second-order valence-electron chi connectivity index (χ2n) is 8.39. The topological polar surface area (TPSA) is 120 Å². The van der Waals surface area contributed by atoms with E-state index in [1.165, 1.54) is 31.0 Å². The van der Waals surface area contributed by atoms with E-state index in [9.17, 15) is 4.39 Å². The molecule has 2 bridgehead atoms. The minimum absolute atomic E-state index is 0.240. The number of rotatable bonds is 5. The molecule has 4 rings (SSSR count). The van der Waals surface area contributed by atoms with E-state index in [4.69, 9.17) is 21.3 Å². The van der Waals surface area contributed by atoms with Crippen molar-refractivity contribution in [3.8, 4) is 5.75 Å². The van der Waals surface area contributed by atoms with E-state index in [-0.39, 0.29) is 11.6 Å². The zero-order valence-electron chi connectivity index (χ0n) is 18.8. The van der Waals surface area contributed by atoms with Crippen LogP contribution < -0.4 is 21.1 Å². The summed E-state index contributed by atoms with van der Waals surface area (Å²) >= 11 is 0. The molecule has 1 aliphatic heterocycles. The number of halogens is 1. The van der Waals surface area contributed by atoms with Crippen molar-refractivity contribution in [3.05, 3.63) is 64.1 Å². The van der Waals surface area contributed by atoms with Crippen LogP contribution in [0.25, 0.3) is 11.4 Å². The van der Waals surface area contributed by atoms with Gasteiger partial charge < -0.3 is 31.9 Å². The van der Waals surface area contributed by atoms with Gasteiger partial charge >= 0.3 is 0 Å². The third-order valence-corrected chi connectivity index (χ3v) is 6.27. The molecule has 1 aliphatic carbocycles. The van der Waals surface area contributed by atoms with Crippen LogP contribution in [0.4, 0.5) is 10.2 Å². The maximum Gasteiger partial charge on any atom is 0.166 e. The van der Waals surface area contributed by atoms with Crippen LogP contribution >= 0.6 is 0 Å². The number of nitrogens with two attached hydrogens (primary N) is 1. The van der Waals surface area contributed by atoms with Crippen molar-refractivity contribution in [3.63, 3.8) is 0 Å². The largest absolute Gasteiger partial charge is 0.482 e. The van der Waals surface area contributed by atoms with Crippen molar-refractivity contribution in [2.24, 2.45) is 0 Å². The first-order chi connectivity index (χ1) is 15.9. The van der Waals surface area contributed by atoms with Gasteiger partial charge in [-0.25, -0.2) is 9.37 Å². The number of hydrogen-bond acceptors (Lipinski definition) is 7. The van der Waals surface area contributed by atoms with Crippen LogP contribution in [0.5, 0.6) is 5.75 Å². The fraction of sp³-hybridized carbons (Fsp3) is 0.320. The summed E-state index contributed by atoms with van der Waals surface area (Å²) in [5.41, 5.74) is 11.1. The number of fused-ring (bicyclic) bond motifs is 3. The molecule has 2 aliphatic rings. The summed E-state index contributed by atoms with van der Waals surface area (Å²) in [5.74, 6) is 0.259. The van der Waals surface area contributed by atoms with Crippen LogP contribution in [-0.2, 0) is 0 Å². The maximum absolute atomic E-state index is 14.2. The first-order valence-corrected chi connectivity index (χ1v) is 11.1. The molecule has 1 fully saturated rings. The van der Waals surface area contributed by atoms with E-state index in [0.29, 0.717) is 40.6 Å². The summed E-state index contributed by atoms with van der Waals surface area (Å²) in [6.07, 6.45) is 7.37. The molecule has 7 nitrogen and oxygen atoms in total. The Bertz CT molecular complexity index is 1150. The Morgan fingerprint density at radius 3 is 2.52 bits per heavy atom. The second kappa shape index (κ2) is 9.44. The van der Waals surface area contributed by atoms with E-state index >= 15 is 0 Å². The van der Waals surface area contributed by atoms with Crippen molar-refractivity contribution in [1.29, 1.82) is 10.8 Å². The monoisotopic (exact) mass is 448 g/mol. The van der Waals surface area contributed by atoms with Crippen LogP contribution in [-0.4, -0.2) is 30.5 Å².